The molecular formula is C15H21N3O4. The van der Waals surface area contributed by atoms with Crippen molar-refractivity contribution in [2.75, 3.05) is 17.2 Å². The van der Waals surface area contributed by atoms with Crippen LogP contribution in [0.2, 0.25) is 0 Å². The Morgan fingerprint density at radius 2 is 1.86 bits per heavy atom. The zero-order chi connectivity index (χ0) is 16.7. The van der Waals surface area contributed by atoms with Gasteiger partial charge in [0.15, 0.2) is 0 Å². The van der Waals surface area contributed by atoms with Crippen LogP contribution < -0.4 is 16.0 Å². The number of nitrogens with one attached hydrogen (secondary N) is 3. The van der Waals surface area contributed by atoms with Crippen LogP contribution in [-0.2, 0) is 9.59 Å². The highest BCUT2D eigenvalue weighted by Gasteiger charge is 2.10. The molecule has 0 aliphatic rings. The molecule has 0 bridgehead atoms. The number of carbonyl (C=O) groups is 3. The number of amides is 3. The minimum atomic E-state index is -0.977. The fourth-order valence-corrected chi connectivity index (χ4v) is 1.57. The third-order valence-electron chi connectivity index (χ3n) is 2.90. The van der Waals surface area contributed by atoms with Gasteiger partial charge in [0.2, 0.25) is 5.91 Å². The fourth-order valence-electron chi connectivity index (χ4n) is 1.57. The van der Waals surface area contributed by atoms with Gasteiger partial charge in [0, 0.05) is 23.8 Å². The van der Waals surface area contributed by atoms with Crippen molar-refractivity contribution in [3.63, 3.8) is 0 Å². The predicted molar refractivity (Wildman–Crippen MR) is 83.9 cm³/mol. The zero-order valence-corrected chi connectivity index (χ0v) is 12.9. The maximum atomic E-state index is 11.7. The van der Waals surface area contributed by atoms with Crippen LogP contribution in [0, 0.1) is 12.8 Å². The fraction of sp³-hybridized carbons (Fsp3) is 0.400. The topological polar surface area (TPSA) is 108 Å². The van der Waals surface area contributed by atoms with Gasteiger partial charge in [-0.25, -0.2) is 4.79 Å². The van der Waals surface area contributed by atoms with Crippen LogP contribution >= 0.6 is 0 Å². The van der Waals surface area contributed by atoms with Crippen LogP contribution in [0.3, 0.4) is 0 Å². The number of urea groups is 1. The summed E-state index contributed by atoms with van der Waals surface area (Å²) < 4.78 is 0. The number of benzene rings is 1. The summed E-state index contributed by atoms with van der Waals surface area (Å²) in [5, 5.41) is 16.3. The minimum Gasteiger partial charge on any atom is -0.481 e. The van der Waals surface area contributed by atoms with Crippen molar-refractivity contribution >= 4 is 29.3 Å². The van der Waals surface area contributed by atoms with Gasteiger partial charge in [0.25, 0.3) is 0 Å². The van der Waals surface area contributed by atoms with Crippen molar-refractivity contribution in [2.45, 2.75) is 27.2 Å². The van der Waals surface area contributed by atoms with Crippen molar-refractivity contribution in [1.29, 1.82) is 0 Å². The van der Waals surface area contributed by atoms with E-state index in [1.54, 1.807) is 32.0 Å². The molecular weight excluding hydrogens is 286 g/mol. The molecule has 7 heteroatoms. The summed E-state index contributed by atoms with van der Waals surface area (Å²) in [6.07, 6.45) is -0.142. The van der Waals surface area contributed by atoms with Crippen LogP contribution in [0.5, 0.6) is 0 Å². The van der Waals surface area contributed by atoms with E-state index in [-0.39, 0.29) is 24.8 Å². The monoisotopic (exact) mass is 307 g/mol. The van der Waals surface area contributed by atoms with E-state index < -0.39 is 12.0 Å². The van der Waals surface area contributed by atoms with Gasteiger partial charge in [0.05, 0.1) is 6.42 Å². The van der Waals surface area contributed by atoms with Crippen molar-refractivity contribution in [3.05, 3.63) is 23.8 Å². The first-order chi connectivity index (χ1) is 10.3. The summed E-state index contributed by atoms with van der Waals surface area (Å²) in [5.41, 5.74) is 1.97. The number of hydrogen-bond acceptors (Lipinski definition) is 3. The van der Waals surface area contributed by atoms with E-state index in [0.717, 1.165) is 5.56 Å². The first-order valence-electron chi connectivity index (χ1n) is 6.97. The number of hydrogen-bond donors (Lipinski definition) is 4. The Kier molecular flexibility index (Phi) is 6.37. The maximum absolute atomic E-state index is 11.7. The number of carbonyl (C=O) groups excluding carboxylic acids is 2. The molecule has 120 valence electrons. The summed E-state index contributed by atoms with van der Waals surface area (Å²) in [5.74, 6) is -1.23. The van der Waals surface area contributed by atoms with E-state index in [1.807, 2.05) is 6.92 Å². The molecule has 0 unspecified atom stereocenters. The quantitative estimate of drug-likeness (QED) is 0.646. The van der Waals surface area contributed by atoms with Gasteiger partial charge >= 0.3 is 12.0 Å². The molecule has 0 atom stereocenters. The Balaban J connectivity index is 2.67. The molecule has 22 heavy (non-hydrogen) atoms. The first kappa shape index (κ1) is 17.5. The normalized spacial score (nSPS) is 10.2. The summed E-state index contributed by atoms with van der Waals surface area (Å²) in [7, 11) is 0. The third-order valence-corrected chi connectivity index (χ3v) is 2.90. The van der Waals surface area contributed by atoms with E-state index >= 15 is 0 Å². The number of rotatable bonds is 6. The SMILES string of the molecule is Cc1ccc(NC(=O)C(C)C)cc1NC(=O)NCCC(=O)O. The molecule has 1 aromatic carbocycles. The van der Waals surface area contributed by atoms with Gasteiger partial charge in [-0.2, -0.15) is 0 Å². The molecule has 3 amide bonds. The standard InChI is InChI=1S/C15H21N3O4/c1-9(2)14(21)17-11-5-4-10(3)12(8-11)18-15(22)16-7-6-13(19)20/h4-5,8-9H,6-7H2,1-3H3,(H,17,21)(H,19,20)(H2,16,18,22). The van der Waals surface area contributed by atoms with Gasteiger partial charge in [0.1, 0.15) is 0 Å². The van der Waals surface area contributed by atoms with Gasteiger partial charge in [-0.1, -0.05) is 19.9 Å². The summed E-state index contributed by atoms with van der Waals surface area (Å²) in [6, 6.07) is 4.70. The largest absolute Gasteiger partial charge is 0.481 e. The predicted octanol–water partition coefficient (Wildman–Crippen LogP) is 2.19. The van der Waals surface area contributed by atoms with Crippen molar-refractivity contribution in [2.24, 2.45) is 5.92 Å². The lowest BCUT2D eigenvalue weighted by Gasteiger charge is -2.13. The van der Waals surface area contributed by atoms with Crippen molar-refractivity contribution < 1.29 is 19.5 Å². The Labute approximate surface area is 129 Å². The molecule has 0 fully saturated rings. The number of carboxylic acids is 1. The van der Waals surface area contributed by atoms with Gasteiger partial charge in [-0.15, -0.1) is 0 Å². The highest BCUT2D eigenvalue weighted by Crippen LogP contribution is 2.20. The highest BCUT2D eigenvalue weighted by molar-refractivity contribution is 5.94. The van der Waals surface area contributed by atoms with Crippen LogP contribution in [0.15, 0.2) is 18.2 Å². The Hall–Kier alpha value is -2.57. The number of aryl methyl sites for hydroxylation is 1. The molecule has 4 N–H and O–H groups in total. The summed E-state index contributed by atoms with van der Waals surface area (Å²) >= 11 is 0. The molecule has 1 rings (SSSR count). The van der Waals surface area contributed by atoms with E-state index in [2.05, 4.69) is 16.0 Å². The number of aliphatic carboxylic acids is 1. The second kappa shape index (κ2) is 8.02. The van der Waals surface area contributed by atoms with E-state index in [9.17, 15) is 14.4 Å². The summed E-state index contributed by atoms with van der Waals surface area (Å²) in [6.45, 7) is 5.45. The molecule has 0 spiro atoms. The Morgan fingerprint density at radius 3 is 2.45 bits per heavy atom. The zero-order valence-electron chi connectivity index (χ0n) is 12.9. The molecule has 0 saturated carbocycles. The van der Waals surface area contributed by atoms with Crippen LogP contribution in [0.1, 0.15) is 25.8 Å². The third kappa shape index (κ3) is 5.82. The molecule has 0 saturated heterocycles. The molecule has 0 aliphatic heterocycles. The summed E-state index contributed by atoms with van der Waals surface area (Å²) in [4.78, 5) is 33.7. The highest BCUT2D eigenvalue weighted by atomic mass is 16.4. The second-order valence-corrected chi connectivity index (χ2v) is 5.20. The Bertz CT molecular complexity index is 570. The van der Waals surface area contributed by atoms with Gasteiger partial charge in [-0.3, -0.25) is 9.59 Å². The molecule has 1 aromatic rings. The van der Waals surface area contributed by atoms with Gasteiger partial charge < -0.3 is 21.1 Å². The number of anilines is 2. The van der Waals surface area contributed by atoms with E-state index in [0.29, 0.717) is 11.4 Å². The molecule has 0 aromatic heterocycles. The van der Waals surface area contributed by atoms with E-state index in [4.69, 9.17) is 5.11 Å². The average Bonchev–Trinajstić information content (AvgIpc) is 2.41. The maximum Gasteiger partial charge on any atom is 0.319 e. The molecule has 0 heterocycles. The van der Waals surface area contributed by atoms with Crippen LogP contribution in [0.4, 0.5) is 16.2 Å². The van der Waals surface area contributed by atoms with Crippen LogP contribution in [-0.4, -0.2) is 29.6 Å². The van der Waals surface area contributed by atoms with Gasteiger partial charge in [-0.05, 0) is 24.6 Å². The minimum absolute atomic E-state index is 0.0456. The van der Waals surface area contributed by atoms with Crippen molar-refractivity contribution in [1.82, 2.24) is 5.32 Å². The lowest BCUT2D eigenvalue weighted by atomic mass is 10.1. The Morgan fingerprint density at radius 1 is 1.18 bits per heavy atom. The lowest BCUT2D eigenvalue weighted by molar-refractivity contribution is -0.136. The number of carboxylic acid groups (broad SMARTS) is 1. The second-order valence-electron chi connectivity index (χ2n) is 5.20. The van der Waals surface area contributed by atoms with Crippen LogP contribution in [0.25, 0.3) is 0 Å². The first-order valence-corrected chi connectivity index (χ1v) is 6.97. The lowest BCUT2D eigenvalue weighted by Crippen LogP contribution is -2.30. The average molecular weight is 307 g/mol. The smallest absolute Gasteiger partial charge is 0.319 e. The molecule has 0 radical (unpaired) electrons. The molecule has 0 aliphatic carbocycles. The van der Waals surface area contributed by atoms with Crippen molar-refractivity contribution in [3.8, 4) is 0 Å². The van der Waals surface area contributed by atoms with E-state index in [1.165, 1.54) is 0 Å². The molecule has 7 nitrogen and oxygen atoms in total.